The Morgan fingerprint density at radius 1 is 1.26 bits per heavy atom. The molecule has 0 spiro atoms. The van der Waals surface area contributed by atoms with E-state index in [1.54, 1.807) is 0 Å². The highest BCUT2D eigenvalue weighted by molar-refractivity contribution is 5.94. The summed E-state index contributed by atoms with van der Waals surface area (Å²) in [5.41, 5.74) is 0.710. The second kappa shape index (κ2) is 6.36. The van der Waals surface area contributed by atoms with Crippen LogP contribution in [0.25, 0.3) is 0 Å². The van der Waals surface area contributed by atoms with Crippen LogP contribution in [0.15, 0.2) is 30.3 Å². The molecule has 1 aliphatic rings. The number of piperidine rings is 1. The summed E-state index contributed by atoms with van der Waals surface area (Å²) in [5.74, 6) is -0.385. The molecule has 1 aliphatic heterocycles. The van der Waals surface area contributed by atoms with E-state index in [-0.39, 0.29) is 12.3 Å². The van der Waals surface area contributed by atoms with Crippen molar-refractivity contribution in [3.63, 3.8) is 0 Å². The molecule has 1 heterocycles. The number of carbonyl (C=O) groups is 2. The number of aliphatic carboxylic acids is 1. The molecule has 1 aromatic rings. The lowest BCUT2D eigenvalue weighted by Crippen LogP contribution is -2.40. The number of hydrogen-bond donors (Lipinski definition) is 1. The van der Waals surface area contributed by atoms with Crippen LogP contribution in [0.4, 0.5) is 0 Å². The van der Waals surface area contributed by atoms with E-state index in [2.05, 4.69) is 0 Å². The molecule has 4 heteroatoms. The lowest BCUT2D eigenvalue weighted by atomic mass is 9.93. The van der Waals surface area contributed by atoms with E-state index in [0.717, 1.165) is 19.4 Å². The van der Waals surface area contributed by atoms with Crippen LogP contribution < -0.4 is 0 Å². The second-order valence-electron chi connectivity index (χ2n) is 5.06. The third-order valence-corrected chi connectivity index (χ3v) is 3.59. The third-order valence-electron chi connectivity index (χ3n) is 3.59. The van der Waals surface area contributed by atoms with E-state index >= 15 is 0 Å². The first-order valence-electron chi connectivity index (χ1n) is 6.73. The van der Waals surface area contributed by atoms with Crippen LogP contribution in [0.2, 0.25) is 0 Å². The number of likely N-dealkylation sites (tertiary alicyclic amines) is 1. The number of carboxylic acids is 1. The molecule has 1 fully saturated rings. The number of rotatable bonds is 4. The predicted molar refractivity (Wildman–Crippen MR) is 71.9 cm³/mol. The minimum atomic E-state index is -0.758. The van der Waals surface area contributed by atoms with E-state index in [0.29, 0.717) is 24.4 Å². The van der Waals surface area contributed by atoms with Gasteiger partial charge in [0.05, 0.1) is 0 Å². The van der Waals surface area contributed by atoms with Gasteiger partial charge in [0.1, 0.15) is 0 Å². The molecule has 1 aromatic carbocycles. The number of carboxylic acid groups (broad SMARTS) is 1. The van der Waals surface area contributed by atoms with Crippen molar-refractivity contribution in [2.24, 2.45) is 5.92 Å². The van der Waals surface area contributed by atoms with E-state index in [1.807, 2.05) is 35.2 Å². The molecular formula is C15H19NO3. The van der Waals surface area contributed by atoms with Crippen molar-refractivity contribution in [1.82, 2.24) is 4.90 Å². The Balaban J connectivity index is 1.93. The van der Waals surface area contributed by atoms with Crippen LogP contribution in [0.3, 0.4) is 0 Å². The van der Waals surface area contributed by atoms with Crippen molar-refractivity contribution in [1.29, 1.82) is 0 Å². The molecule has 1 amide bonds. The van der Waals surface area contributed by atoms with Gasteiger partial charge in [-0.15, -0.1) is 0 Å². The average molecular weight is 261 g/mol. The molecule has 1 N–H and O–H groups in total. The Labute approximate surface area is 113 Å². The highest BCUT2D eigenvalue weighted by Crippen LogP contribution is 2.22. The molecule has 0 bridgehead atoms. The topological polar surface area (TPSA) is 57.6 Å². The summed E-state index contributed by atoms with van der Waals surface area (Å²) >= 11 is 0. The van der Waals surface area contributed by atoms with Crippen molar-refractivity contribution in [2.45, 2.75) is 25.7 Å². The van der Waals surface area contributed by atoms with Crippen molar-refractivity contribution in [3.05, 3.63) is 35.9 Å². The maximum Gasteiger partial charge on any atom is 0.303 e. The zero-order valence-corrected chi connectivity index (χ0v) is 10.9. The standard InChI is InChI=1S/C15H19NO3/c17-14(18)9-8-12-5-4-10-16(11-12)15(19)13-6-2-1-3-7-13/h1-3,6-7,12H,4-5,8-11H2,(H,17,18)/t12-/m1/s1. The van der Waals surface area contributed by atoms with Gasteiger partial charge in [0.25, 0.3) is 5.91 Å². The van der Waals surface area contributed by atoms with Gasteiger partial charge in [-0.1, -0.05) is 18.2 Å². The molecule has 19 heavy (non-hydrogen) atoms. The summed E-state index contributed by atoms with van der Waals surface area (Å²) in [6.45, 7) is 1.46. The second-order valence-corrected chi connectivity index (χ2v) is 5.06. The lowest BCUT2D eigenvalue weighted by molar-refractivity contribution is -0.137. The lowest BCUT2D eigenvalue weighted by Gasteiger charge is -2.32. The first-order valence-corrected chi connectivity index (χ1v) is 6.73. The van der Waals surface area contributed by atoms with Crippen LogP contribution in [-0.4, -0.2) is 35.0 Å². The van der Waals surface area contributed by atoms with Crippen molar-refractivity contribution < 1.29 is 14.7 Å². The third kappa shape index (κ3) is 3.81. The Bertz CT molecular complexity index is 444. The predicted octanol–water partition coefficient (Wildman–Crippen LogP) is 2.40. The summed E-state index contributed by atoms with van der Waals surface area (Å²) < 4.78 is 0. The summed E-state index contributed by atoms with van der Waals surface area (Å²) in [6, 6.07) is 9.26. The maximum absolute atomic E-state index is 12.3. The molecule has 102 valence electrons. The molecule has 1 saturated heterocycles. The monoisotopic (exact) mass is 261 g/mol. The number of carbonyl (C=O) groups excluding carboxylic acids is 1. The average Bonchev–Trinajstić information content (AvgIpc) is 2.45. The number of benzene rings is 1. The molecule has 0 aliphatic carbocycles. The van der Waals surface area contributed by atoms with Crippen molar-refractivity contribution in [3.8, 4) is 0 Å². The fraction of sp³-hybridized carbons (Fsp3) is 0.467. The van der Waals surface area contributed by atoms with Gasteiger partial charge >= 0.3 is 5.97 Å². The van der Waals surface area contributed by atoms with Crippen LogP contribution in [0.5, 0.6) is 0 Å². The Hall–Kier alpha value is -1.84. The van der Waals surface area contributed by atoms with E-state index in [9.17, 15) is 9.59 Å². The van der Waals surface area contributed by atoms with Gasteiger partial charge < -0.3 is 10.0 Å². The smallest absolute Gasteiger partial charge is 0.303 e. The van der Waals surface area contributed by atoms with Gasteiger partial charge in [-0.25, -0.2) is 0 Å². The quantitative estimate of drug-likeness (QED) is 0.905. The van der Waals surface area contributed by atoms with E-state index in [1.165, 1.54) is 0 Å². The maximum atomic E-state index is 12.3. The summed E-state index contributed by atoms with van der Waals surface area (Å²) in [5, 5.41) is 8.72. The fourth-order valence-corrected chi connectivity index (χ4v) is 2.58. The zero-order chi connectivity index (χ0) is 13.7. The molecular weight excluding hydrogens is 242 g/mol. The van der Waals surface area contributed by atoms with Crippen LogP contribution in [0.1, 0.15) is 36.0 Å². The molecule has 0 unspecified atom stereocenters. The van der Waals surface area contributed by atoms with E-state index < -0.39 is 5.97 Å². The molecule has 1 atom stereocenters. The Morgan fingerprint density at radius 2 is 2.00 bits per heavy atom. The first-order chi connectivity index (χ1) is 9.16. The normalized spacial score (nSPS) is 19.2. The highest BCUT2D eigenvalue weighted by atomic mass is 16.4. The first kappa shape index (κ1) is 13.6. The van der Waals surface area contributed by atoms with Gasteiger partial charge in [-0.2, -0.15) is 0 Å². The number of amides is 1. The number of hydrogen-bond acceptors (Lipinski definition) is 2. The Kier molecular flexibility index (Phi) is 4.55. The van der Waals surface area contributed by atoms with Gasteiger partial charge in [0.2, 0.25) is 0 Å². The summed E-state index contributed by atoms with van der Waals surface area (Å²) in [6.07, 6.45) is 2.83. The van der Waals surface area contributed by atoms with Crippen molar-refractivity contribution in [2.75, 3.05) is 13.1 Å². The molecule has 0 aromatic heterocycles. The largest absolute Gasteiger partial charge is 0.481 e. The van der Waals surface area contributed by atoms with Crippen LogP contribution in [0, 0.1) is 5.92 Å². The fourth-order valence-electron chi connectivity index (χ4n) is 2.58. The molecule has 4 nitrogen and oxygen atoms in total. The molecule has 2 rings (SSSR count). The molecule has 0 saturated carbocycles. The minimum absolute atomic E-state index is 0.0561. The zero-order valence-electron chi connectivity index (χ0n) is 10.9. The van der Waals surface area contributed by atoms with Gasteiger partial charge in [0, 0.05) is 25.1 Å². The summed E-state index contributed by atoms with van der Waals surface area (Å²) in [4.78, 5) is 24.7. The number of nitrogens with zero attached hydrogens (tertiary/aromatic N) is 1. The summed E-state index contributed by atoms with van der Waals surface area (Å²) in [7, 11) is 0. The van der Waals surface area contributed by atoms with Gasteiger partial charge in [-0.3, -0.25) is 9.59 Å². The van der Waals surface area contributed by atoms with Gasteiger partial charge in [-0.05, 0) is 37.3 Å². The van der Waals surface area contributed by atoms with E-state index in [4.69, 9.17) is 5.11 Å². The van der Waals surface area contributed by atoms with Gasteiger partial charge in [0.15, 0.2) is 0 Å². The van der Waals surface area contributed by atoms with Crippen LogP contribution >= 0.6 is 0 Å². The van der Waals surface area contributed by atoms with Crippen molar-refractivity contribution >= 4 is 11.9 Å². The highest BCUT2D eigenvalue weighted by Gasteiger charge is 2.24. The van der Waals surface area contributed by atoms with Crippen LogP contribution in [-0.2, 0) is 4.79 Å². The minimum Gasteiger partial charge on any atom is -0.481 e. The molecule has 0 radical (unpaired) electrons. The Morgan fingerprint density at radius 3 is 2.68 bits per heavy atom. The SMILES string of the molecule is O=C(O)CC[C@H]1CCCN(C(=O)c2ccccc2)C1.